The van der Waals surface area contributed by atoms with Crippen LogP contribution in [0.2, 0.25) is 10.2 Å². The van der Waals surface area contributed by atoms with Crippen molar-refractivity contribution in [1.29, 1.82) is 0 Å². The van der Waals surface area contributed by atoms with Crippen LogP contribution >= 0.6 is 23.2 Å². The fraction of sp³-hybridized carbons (Fsp3) is 0.333. The number of rotatable bonds is 7. The van der Waals surface area contributed by atoms with Gasteiger partial charge in [-0.3, -0.25) is 9.99 Å². The SMILES string of the molecule is [2H][C@@](Nc1cc(Cl)c2ncc(C#C)c(NCC(C)(C)C)c2c1)(C1=CN(C2CC2)NN1)c1cccnc1Cl. The molecule has 7 nitrogen and oxygen atoms in total. The number of hydrazine groups is 2. The third kappa shape index (κ3) is 5.17. The van der Waals surface area contributed by atoms with Crippen molar-refractivity contribution in [2.75, 3.05) is 17.2 Å². The van der Waals surface area contributed by atoms with Crippen molar-refractivity contribution in [3.05, 3.63) is 69.9 Å². The molecule has 1 aliphatic carbocycles. The summed E-state index contributed by atoms with van der Waals surface area (Å²) in [5.41, 5.74) is 10.0. The number of pyridine rings is 2. The first kappa shape index (κ1) is 23.2. The highest BCUT2D eigenvalue weighted by atomic mass is 35.5. The molecule has 9 heteroatoms. The number of hydrogen-bond acceptors (Lipinski definition) is 7. The van der Waals surface area contributed by atoms with Crippen LogP contribution in [0.5, 0.6) is 0 Å². The highest BCUT2D eigenvalue weighted by Crippen LogP contribution is 2.37. The van der Waals surface area contributed by atoms with E-state index >= 15 is 0 Å². The Balaban J connectivity index is 1.61. The maximum atomic E-state index is 9.62. The predicted molar refractivity (Wildman–Crippen MR) is 147 cm³/mol. The van der Waals surface area contributed by atoms with E-state index in [1.54, 1.807) is 30.6 Å². The Morgan fingerprint density at radius 3 is 2.81 bits per heavy atom. The quantitative estimate of drug-likeness (QED) is 0.228. The van der Waals surface area contributed by atoms with Gasteiger partial charge in [-0.25, -0.2) is 4.98 Å². The van der Waals surface area contributed by atoms with Gasteiger partial charge in [0.05, 0.1) is 34.9 Å². The second-order valence-corrected chi connectivity index (χ2v) is 11.0. The number of aromatic nitrogens is 2. The molecule has 1 aliphatic heterocycles. The molecule has 0 spiro atoms. The Labute approximate surface area is 223 Å². The van der Waals surface area contributed by atoms with Crippen molar-refractivity contribution < 1.29 is 1.37 Å². The summed E-state index contributed by atoms with van der Waals surface area (Å²) in [6.45, 7) is 7.13. The van der Waals surface area contributed by atoms with Crippen molar-refractivity contribution in [3.63, 3.8) is 0 Å². The van der Waals surface area contributed by atoms with E-state index < -0.39 is 6.02 Å². The minimum Gasteiger partial charge on any atom is -0.383 e. The van der Waals surface area contributed by atoms with E-state index in [2.05, 4.69) is 58.3 Å². The first-order chi connectivity index (χ1) is 17.6. The normalized spacial score (nSPS) is 17.6. The van der Waals surface area contributed by atoms with E-state index in [0.29, 0.717) is 45.6 Å². The summed E-state index contributed by atoms with van der Waals surface area (Å²) in [5, 5.41) is 10.3. The summed E-state index contributed by atoms with van der Waals surface area (Å²) >= 11 is 13.2. The molecule has 3 heterocycles. The van der Waals surface area contributed by atoms with Gasteiger partial charge in [-0.1, -0.05) is 56.0 Å². The number of anilines is 2. The average Bonchev–Trinajstić information content (AvgIpc) is 3.57. The van der Waals surface area contributed by atoms with E-state index in [1.165, 1.54) is 0 Å². The highest BCUT2D eigenvalue weighted by molar-refractivity contribution is 6.36. The van der Waals surface area contributed by atoms with Crippen LogP contribution in [-0.2, 0) is 0 Å². The van der Waals surface area contributed by atoms with Gasteiger partial charge in [0, 0.05) is 47.8 Å². The molecular formula is C27H29Cl2N7. The van der Waals surface area contributed by atoms with E-state index in [1.807, 2.05) is 17.3 Å². The smallest absolute Gasteiger partial charge is 0.134 e. The summed E-state index contributed by atoms with van der Waals surface area (Å²) < 4.78 is 9.62. The second kappa shape index (κ2) is 9.70. The molecule has 36 heavy (non-hydrogen) atoms. The second-order valence-electron chi connectivity index (χ2n) is 10.2. The number of nitrogens with one attached hydrogen (secondary N) is 4. The molecule has 3 aromatic rings. The number of fused-ring (bicyclic) bond motifs is 1. The molecule has 0 unspecified atom stereocenters. The van der Waals surface area contributed by atoms with Gasteiger partial charge in [0.2, 0.25) is 0 Å². The standard InChI is InChI=1S/C27H29Cl2N7/c1-5-16-13-31-24-20(23(16)32-15-27(2,3)4)11-17(12-21(24)28)33-25(19-7-6-10-30-26(19)29)22-14-36(35-34-22)18-8-9-18/h1,6-7,10-14,18,25,33-35H,8-9,15H2,2-4H3,(H,31,32)/t25-/m0/s1/i25D. The van der Waals surface area contributed by atoms with E-state index in [0.717, 1.165) is 23.9 Å². The average molecular weight is 523 g/mol. The van der Waals surface area contributed by atoms with Gasteiger partial charge >= 0.3 is 0 Å². The zero-order valence-corrected chi connectivity index (χ0v) is 21.9. The summed E-state index contributed by atoms with van der Waals surface area (Å²) in [4.78, 5) is 8.74. The third-order valence-corrected chi connectivity index (χ3v) is 6.56. The van der Waals surface area contributed by atoms with Gasteiger partial charge in [-0.05, 0) is 36.5 Å². The highest BCUT2D eigenvalue weighted by Gasteiger charge is 2.33. The van der Waals surface area contributed by atoms with Crippen LogP contribution in [0, 0.1) is 17.8 Å². The fourth-order valence-electron chi connectivity index (χ4n) is 3.99. The molecule has 186 valence electrons. The largest absolute Gasteiger partial charge is 0.383 e. The Morgan fingerprint density at radius 1 is 1.31 bits per heavy atom. The monoisotopic (exact) mass is 522 g/mol. The van der Waals surface area contributed by atoms with Gasteiger partial charge in [0.25, 0.3) is 0 Å². The minimum atomic E-state index is -1.50. The van der Waals surface area contributed by atoms with Crippen molar-refractivity contribution in [2.45, 2.75) is 45.7 Å². The van der Waals surface area contributed by atoms with Gasteiger partial charge in [0.15, 0.2) is 0 Å². The lowest BCUT2D eigenvalue weighted by Gasteiger charge is -2.24. The molecule has 1 aromatic carbocycles. The molecule has 1 atom stereocenters. The van der Waals surface area contributed by atoms with Crippen molar-refractivity contribution >= 4 is 45.5 Å². The summed E-state index contributed by atoms with van der Waals surface area (Å²) in [6, 6.07) is 6.12. The minimum absolute atomic E-state index is 0.0234. The van der Waals surface area contributed by atoms with Gasteiger partial charge in [0.1, 0.15) is 5.15 Å². The van der Waals surface area contributed by atoms with Crippen LogP contribution in [0.15, 0.2) is 48.6 Å². The lowest BCUT2D eigenvalue weighted by Crippen LogP contribution is -2.38. The third-order valence-electron chi connectivity index (χ3n) is 5.97. The fourth-order valence-corrected chi connectivity index (χ4v) is 4.47. The van der Waals surface area contributed by atoms with Crippen molar-refractivity contribution in [1.82, 2.24) is 25.9 Å². The maximum absolute atomic E-state index is 9.62. The molecule has 2 aromatic heterocycles. The summed E-state index contributed by atoms with van der Waals surface area (Å²) in [6.07, 6.45) is 13.2. The summed E-state index contributed by atoms with van der Waals surface area (Å²) in [7, 11) is 0. The van der Waals surface area contributed by atoms with Crippen molar-refractivity contribution in [3.8, 4) is 12.3 Å². The van der Waals surface area contributed by atoms with E-state index in [9.17, 15) is 1.37 Å². The van der Waals surface area contributed by atoms with E-state index in [4.69, 9.17) is 29.6 Å². The molecule has 5 rings (SSSR count). The number of halogens is 2. The van der Waals surface area contributed by atoms with Gasteiger partial charge < -0.3 is 16.1 Å². The van der Waals surface area contributed by atoms with Crippen LogP contribution in [0.4, 0.5) is 11.4 Å². The number of nitrogens with zero attached hydrogens (tertiary/aromatic N) is 3. The predicted octanol–water partition coefficient (Wildman–Crippen LogP) is 5.86. The first-order valence-corrected chi connectivity index (χ1v) is 12.6. The van der Waals surface area contributed by atoms with E-state index in [-0.39, 0.29) is 10.6 Å². The maximum Gasteiger partial charge on any atom is 0.134 e. The molecular weight excluding hydrogens is 493 g/mol. The number of hydrogen-bond donors (Lipinski definition) is 4. The molecule has 0 radical (unpaired) electrons. The van der Waals surface area contributed by atoms with Crippen molar-refractivity contribution in [2.24, 2.45) is 5.41 Å². The molecule has 0 saturated heterocycles. The molecule has 0 amide bonds. The topological polar surface area (TPSA) is 77.1 Å². The molecule has 4 N–H and O–H groups in total. The Kier molecular flexibility index (Phi) is 6.26. The molecule has 1 saturated carbocycles. The lowest BCUT2D eigenvalue weighted by atomic mass is 9.96. The van der Waals surface area contributed by atoms with Crippen LogP contribution in [0.1, 0.15) is 52.1 Å². The van der Waals surface area contributed by atoms with Crippen LogP contribution < -0.4 is 21.6 Å². The zero-order valence-electron chi connectivity index (χ0n) is 21.4. The zero-order chi connectivity index (χ0) is 26.4. The van der Waals surface area contributed by atoms with Crippen LogP contribution in [0.3, 0.4) is 0 Å². The van der Waals surface area contributed by atoms with Crippen LogP contribution in [0.25, 0.3) is 10.9 Å². The molecule has 2 aliphatic rings. The number of benzene rings is 1. The van der Waals surface area contributed by atoms with Crippen LogP contribution in [-0.4, -0.2) is 27.6 Å². The Bertz CT molecular complexity index is 1420. The lowest BCUT2D eigenvalue weighted by molar-refractivity contribution is 0.260. The Morgan fingerprint density at radius 2 is 2.11 bits per heavy atom. The molecule has 0 bridgehead atoms. The summed E-state index contributed by atoms with van der Waals surface area (Å²) in [5.74, 6) is 2.73. The Hall–Kier alpha value is -3.18. The number of terminal acetylenes is 1. The first-order valence-electron chi connectivity index (χ1n) is 12.3. The van der Waals surface area contributed by atoms with Gasteiger partial charge in [-0.15, -0.1) is 12.0 Å². The molecule has 1 fully saturated rings. The van der Waals surface area contributed by atoms with Gasteiger partial charge in [-0.2, -0.15) is 0 Å².